The maximum atomic E-state index is 14.4. The minimum atomic E-state index is -0.535. The highest BCUT2D eigenvalue weighted by Gasteiger charge is 2.26. The number of carbonyl (C=O) groups is 1. The van der Waals surface area contributed by atoms with E-state index in [1.54, 1.807) is 7.05 Å². The van der Waals surface area contributed by atoms with E-state index < -0.39 is 5.82 Å². The highest BCUT2D eigenvalue weighted by atomic mass is 19.1. The first-order valence-corrected chi connectivity index (χ1v) is 14.4. The zero-order chi connectivity index (χ0) is 29.8. The van der Waals surface area contributed by atoms with Gasteiger partial charge >= 0.3 is 0 Å². The van der Waals surface area contributed by atoms with Crippen LogP contribution in [0.3, 0.4) is 0 Å². The molecule has 0 aliphatic carbocycles. The molecule has 4 heterocycles. The second-order valence-corrected chi connectivity index (χ2v) is 10.8. The van der Waals surface area contributed by atoms with E-state index in [9.17, 15) is 14.0 Å². The molecular weight excluding hydrogens is 549 g/mol. The molecule has 43 heavy (non-hydrogen) atoms. The van der Waals surface area contributed by atoms with Crippen LogP contribution in [-0.4, -0.2) is 77.8 Å². The number of ether oxygens (including phenoxy) is 1. The summed E-state index contributed by atoms with van der Waals surface area (Å²) in [6, 6.07) is 20.8. The van der Waals surface area contributed by atoms with Crippen LogP contribution in [0.1, 0.15) is 11.7 Å². The molecule has 2 aliphatic rings. The fourth-order valence-corrected chi connectivity index (χ4v) is 5.55. The molecule has 1 amide bonds. The lowest BCUT2D eigenvalue weighted by Gasteiger charge is -2.35. The van der Waals surface area contributed by atoms with Gasteiger partial charge in [0, 0.05) is 69.0 Å². The molecule has 4 aromatic rings. The molecule has 2 fully saturated rings. The topological polar surface area (TPSA) is 95.8 Å². The zero-order valence-electron chi connectivity index (χ0n) is 24.0. The monoisotopic (exact) mass is 583 g/mol. The predicted octanol–water partition coefficient (Wildman–Crippen LogP) is 3.32. The van der Waals surface area contributed by atoms with Gasteiger partial charge in [-0.25, -0.2) is 9.37 Å². The lowest BCUT2D eigenvalue weighted by Crippen LogP contribution is -2.48. The van der Waals surface area contributed by atoms with E-state index in [1.807, 2.05) is 47.4 Å². The average Bonchev–Trinajstić information content (AvgIpc) is 3.04. The molecule has 1 atom stereocenters. The molecule has 10 nitrogen and oxygen atoms in total. The fourth-order valence-electron chi connectivity index (χ4n) is 5.55. The quantitative estimate of drug-likeness (QED) is 0.354. The molecule has 11 heteroatoms. The van der Waals surface area contributed by atoms with Crippen LogP contribution in [-0.2, 0) is 16.6 Å². The number of nitrogens with one attached hydrogen (secondary N) is 1. The van der Waals surface area contributed by atoms with Crippen LogP contribution in [0, 0.1) is 5.82 Å². The number of rotatable bonds is 7. The van der Waals surface area contributed by atoms with Gasteiger partial charge in [0.25, 0.3) is 5.56 Å². The number of nitrogens with zero attached hydrogens (tertiary/aromatic N) is 6. The number of carbonyl (C=O) groups excluding carboxylic acids is 1. The highest BCUT2D eigenvalue weighted by molar-refractivity contribution is 5.92. The van der Waals surface area contributed by atoms with Crippen molar-refractivity contribution in [2.24, 2.45) is 7.05 Å². The molecule has 2 aromatic heterocycles. The molecule has 2 aliphatic heterocycles. The van der Waals surface area contributed by atoms with Gasteiger partial charge in [0.15, 0.2) is 5.82 Å². The number of benzene rings is 2. The summed E-state index contributed by atoms with van der Waals surface area (Å²) < 4.78 is 21.9. The molecule has 0 radical (unpaired) electrons. The third-order valence-corrected chi connectivity index (χ3v) is 7.94. The van der Waals surface area contributed by atoms with Crippen molar-refractivity contribution in [3.63, 3.8) is 0 Å². The zero-order valence-corrected chi connectivity index (χ0v) is 24.0. The van der Waals surface area contributed by atoms with Crippen LogP contribution in [0.4, 0.5) is 21.7 Å². The maximum Gasteiger partial charge on any atom is 0.255 e. The molecule has 2 saturated heterocycles. The molecule has 6 rings (SSSR count). The number of morpholine rings is 1. The summed E-state index contributed by atoms with van der Waals surface area (Å²) in [7, 11) is 1.66. The summed E-state index contributed by atoms with van der Waals surface area (Å²) in [6.45, 7) is 5.22. The number of piperazine rings is 1. The summed E-state index contributed by atoms with van der Waals surface area (Å²) in [5, 5.41) is 3.01. The van der Waals surface area contributed by atoms with Gasteiger partial charge in [-0.05, 0) is 35.9 Å². The van der Waals surface area contributed by atoms with Crippen molar-refractivity contribution in [1.82, 2.24) is 19.4 Å². The molecule has 1 N–H and O–H groups in total. The number of anilines is 3. The fraction of sp³-hybridized carbons (Fsp3) is 0.312. The van der Waals surface area contributed by atoms with Crippen molar-refractivity contribution >= 4 is 23.2 Å². The van der Waals surface area contributed by atoms with Crippen molar-refractivity contribution in [3.05, 3.63) is 101 Å². The van der Waals surface area contributed by atoms with Crippen molar-refractivity contribution in [2.75, 3.05) is 67.5 Å². The molecule has 0 spiro atoms. The Labute approximate surface area is 249 Å². The van der Waals surface area contributed by atoms with Crippen LogP contribution in [0.2, 0.25) is 0 Å². The third kappa shape index (κ3) is 6.58. The smallest absolute Gasteiger partial charge is 0.255 e. The number of halogens is 1. The van der Waals surface area contributed by atoms with E-state index in [0.29, 0.717) is 32.2 Å². The minimum Gasteiger partial charge on any atom is -0.370 e. The Morgan fingerprint density at radius 2 is 1.77 bits per heavy atom. The van der Waals surface area contributed by atoms with E-state index in [2.05, 4.69) is 37.2 Å². The number of hydrogen-bond acceptors (Lipinski definition) is 8. The SMILES string of the molecule is Cn1c(N2CCO[C@@H](c3ccc(NC(=O)CN4CCN(c5ccccc5)CC4)cc3)C2)nc(-c2ccncc2F)cc1=O. The second-order valence-electron chi connectivity index (χ2n) is 10.8. The summed E-state index contributed by atoms with van der Waals surface area (Å²) >= 11 is 0. The standard InChI is InChI=1S/C32H34FN7O3/c1-37-31(42)19-28(26-11-12-34-20-27(26)33)36-32(37)40-17-18-43-29(21-40)23-7-9-24(10-8-23)35-30(41)22-38-13-15-39(16-14-38)25-5-3-2-4-6-25/h2-12,19-20,29H,13-18,21-22H2,1H3,(H,35,41)/t29-/m1/s1. The number of pyridine rings is 1. The first-order chi connectivity index (χ1) is 20.9. The highest BCUT2D eigenvalue weighted by Crippen LogP contribution is 2.27. The molecule has 222 valence electrons. The number of hydrogen-bond donors (Lipinski definition) is 1. The Kier molecular flexibility index (Phi) is 8.43. The van der Waals surface area contributed by atoms with E-state index in [1.165, 1.54) is 28.6 Å². The first kappa shape index (κ1) is 28.5. The van der Waals surface area contributed by atoms with Gasteiger partial charge in [0.2, 0.25) is 11.9 Å². The Morgan fingerprint density at radius 1 is 1.00 bits per heavy atom. The summed E-state index contributed by atoms with van der Waals surface area (Å²) in [6.07, 6.45) is 2.32. The van der Waals surface area contributed by atoms with Gasteiger partial charge in [-0.15, -0.1) is 0 Å². The Morgan fingerprint density at radius 3 is 2.51 bits per heavy atom. The molecule has 0 unspecified atom stereocenters. The summed E-state index contributed by atoms with van der Waals surface area (Å²) in [5.74, 6) is -0.133. The van der Waals surface area contributed by atoms with Crippen molar-refractivity contribution < 1.29 is 13.9 Å². The van der Waals surface area contributed by atoms with Crippen LogP contribution in [0.15, 0.2) is 83.9 Å². The Hall–Kier alpha value is -4.61. The van der Waals surface area contributed by atoms with E-state index in [-0.39, 0.29) is 28.8 Å². The summed E-state index contributed by atoms with van der Waals surface area (Å²) in [4.78, 5) is 40.4. The summed E-state index contributed by atoms with van der Waals surface area (Å²) in [5.41, 5.74) is 3.09. The van der Waals surface area contributed by atoms with Crippen LogP contribution >= 0.6 is 0 Å². The molecular formula is C32H34FN7O3. The van der Waals surface area contributed by atoms with Crippen LogP contribution < -0.4 is 20.7 Å². The number of amides is 1. The van der Waals surface area contributed by atoms with Crippen molar-refractivity contribution in [2.45, 2.75) is 6.10 Å². The lowest BCUT2D eigenvalue weighted by molar-refractivity contribution is -0.117. The Bertz CT molecular complexity index is 1620. The molecule has 0 saturated carbocycles. The van der Waals surface area contributed by atoms with E-state index in [0.717, 1.165) is 43.6 Å². The maximum absolute atomic E-state index is 14.4. The van der Waals surface area contributed by atoms with Crippen molar-refractivity contribution in [3.8, 4) is 11.3 Å². The lowest BCUT2D eigenvalue weighted by atomic mass is 10.1. The third-order valence-electron chi connectivity index (χ3n) is 7.94. The van der Waals surface area contributed by atoms with Crippen molar-refractivity contribution in [1.29, 1.82) is 0 Å². The van der Waals surface area contributed by atoms with Crippen LogP contribution in [0.5, 0.6) is 0 Å². The van der Waals surface area contributed by atoms with Gasteiger partial charge in [-0.2, -0.15) is 0 Å². The first-order valence-electron chi connectivity index (χ1n) is 14.4. The predicted molar refractivity (Wildman–Crippen MR) is 164 cm³/mol. The van der Waals surface area contributed by atoms with Gasteiger partial charge in [-0.3, -0.25) is 24.0 Å². The van der Waals surface area contributed by atoms with Crippen LogP contribution in [0.25, 0.3) is 11.3 Å². The Balaban J connectivity index is 1.06. The minimum absolute atomic E-state index is 0.0430. The van der Waals surface area contributed by atoms with Gasteiger partial charge < -0.3 is 19.9 Å². The van der Waals surface area contributed by atoms with E-state index in [4.69, 9.17) is 4.74 Å². The molecule has 0 bridgehead atoms. The van der Waals surface area contributed by atoms with E-state index >= 15 is 0 Å². The largest absolute Gasteiger partial charge is 0.370 e. The number of para-hydroxylation sites is 1. The normalized spacial score (nSPS) is 17.6. The molecule has 2 aromatic carbocycles. The second kappa shape index (κ2) is 12.7. The van der Waals surface area contributed by atoms with Gasteiger partial charge in [0.1, 0.15) is 6.10 Å². The van der Waals surface area contributed by atoms with Gasteiger partial charge in [0.05, 0.1) is 31.6 Å². The van der Waals surface area contributed by atoms with Gasteiger partial charge in [-0.1, -0.05) is 30.3 Å². The average molecular weight is 584 g/mol. The number of aromatic nitrogens is 3.